The second-order valence-corrected chi connectivity index (χ2v) is 7.86. The van der Waals surface area contributed by atoms with Crippen molar-refractivity contribution in [3.8, 4) is 28.7 Å². The van der Waals surface area contributed by atoms with Crippen LogP contribution >= 0.6 is 0 Å². The van der Waals surface area contributed by atoms with E-state index in [-0.39, 0.29) is 0 Å². The van der Waals surface area contributed by atoms with Gasteiger partial charge in [0.15, 0.2) is 11.6 Å². The van der Waals surface area contributed by atoms with Gasteiger partial charge in [-0.2, -0.15) is 0 Å². The van der Waals surface area contributed by atoms with Crippen molar-refractivity contribution in [2.45, 2.75) is 31.9 Å². The smallest absolute Gasteiger partial charge is 0.218 e. The first-order valence-electron chi connectivity index (χ1n) is 10.2. The number of nitrogens with one attached hydrogen (secondary N) is 1. The minimum absolute atomic E-state index is 0.303. The lowest BCUT2D eigenvalue weighted by Gasteiger charge is -2.35. The molecule has 9 nitrogen and oxygen atoms in total. The van der Waals surface area contributed by atoms with E-state index in [1.54, 1.807) is 26.6 Å². The van der Waals surface area contributed by atoms with Gasteiger partial charge in [0.1, 0.15) is 5.52 Å². The van der Waals surface area contributed by atoms with Crippen LogP contribution in [0.25, 0.3) is 28.3 Å². The summed E-state index contributed by atoms with van der Waals surface area (Å²) in [6.45, 7) is 2.09. The van der Waals surface area contributed by atoms with Crippen molar-refractivity contribution < 1.29 is 9.47 Å². The summed E-state index contributed by atoms with van der Waals surface area (Å²) >= 11 is 0. The number of methoxy groups -OCH3 is 2. The second kappa shape index (κ2) is 7.66. The van der Waals surface area contributed by atoms with E-state index in [0.717, 1.165) is 40.9 Å². The highest BCUT2D eigenvalue weighted by molar-refractivity contribution is 5.83. The molecule has 5 rings (SSSR count). The molecule has 1 N–H and O–H groups in total. The molecule has 1 saturated carbocycles. The van der Waals surface area contributed by atoms with Gasteiger partial charge >= 0.3 is 0 Å². The van der Waals surface area contributed by atoms with Crippen molar-refractivity contribution in [1.82, 2.24) is 29.1 Å². The van der Waals surface area contributed by atoms with Gasteiger partial charge in [-0.05, 0) is 37.0 Å². The Balaban J connectivity index is 1.64. The number of aryl methyl sites for hydroxylation is 2. The van der Waals surface area contributed by atoms with Crippen LogP contribution in [0.5, 0.6) is 5.88 Å². The Morgan fingerprint density at radius 3 is 2.71 bits per heavy atom. The third-order valence-electron chi connectivity index (χ3n) is 5.93. The SMILES string of the molecule is COc1cc(-c2cn3nc(-c4nccn4C)nc(NC4CC(OC)C4)c3c2C)ccn1. The lowest BCUT2D eigenvalue weighted by molar-refractivity contribution is 0.0328. The van der Waals surface area contributed by atoms with E-state index in [2.05, 4.69) is 22.2 Å². The molecule has 1 aliphatic carbocycles. The van der Waals surface area contributed by atoms with Crippen LogP contribution in [0.3, 0.4) is 0 Å². The number of hydrogen-bond donors (Lipinski definition) is 1. The Morgan fingerprint density at radius 2 is 2.00 bits per heavy atom. The fourth-order valence-electron chi connectivity index (χ4n) is 4.06. The van der Waals surface area contributed by atoms with E-state index in [9.17, 15) is 0 Å². The molecule has 0 aromatic carbocycles. The molecule has 1 fully saturated rings. The molecule has 31 heavy (non-hydrogen) atoms. The summed E-state index contributed by atoms with van der Waals surface area (Å²) in [7, 11) is 5.32. The summed E-state index contributed by atoms with van der Waals surface area (Å²) in [5.41, 5.74) is 4.11. The van der Waals surface area contributed by atoms with Crippen LogP contribution in [-0.2, 0) is 11.8 Å². The highest BCUT2D eigenvalue weighted by atomic mass is 16.5. The van der Waals surface area contributed by atoms with Gasteiger partial charge in [-0.1, -0.05) is 0 Å². The Labute approximate surface area is 180 Å². The zero-order chi connectivity index (χ0) is 21.5. The van der Waals surface area contributed by atoms with Crippen LogP contribution in [0.4, 0.5) is 5.82 Å². The first-order valence-corrected chi connectivity index (χ1v) is 10.2. The minimum Gasteiger partial charge on any atom is -0.481 e. The van der Waals surface area contributed by atoms with Gasteiger partial charge in [0.25, 0.3) is 0 Å². The molecule has 0 amide bonds. The topological polar surface area (TPSA) is 91.4 Å². The monoisotopic (exact) mass is 419 g/mol. The third kappa shape index (κ3) is 3.40. The van der Waals surface area contributed by atoms with Gasteiger partial charge in [-0.3, -0.25) is 0 Å². The van der Waals surface area contributed by atoms with Gasteiger partial charge in [0, 0.05) is 56.6 Å². The molecule has 4 aromatic rings. The van der Waals surface area contributed by atoms with E-state index in [1.807, 2.05) is 40.7 Å². The first kappa shape index (κ1) is 19.5. The van der Waals surface area contributed by atoms with Gasteiger partial charge in [0.05, 0.1) is 13.2 Å². The molecule has 0 aliphatic heterocycles. The van der Waals surface area contributed by atoms with Crippen LogP contribution in [-0.4, -0.2) is 55.5 Å². The van der Waals surface area contributed by atoms with Crippen molar-refractivity contribution in [2.24, 2.45) is 7.05 Å². The van der Waals surface area contributed by atoms with Crippen LogP contribution in [0.2, 0.25) is 0 Å². The average molecular weight is 419 g/mol. The molecule has 4 aromatic heterocycles. The van der Waals surface area contributed by atoms with Gasteiger partial charge in [-0.15, -0.1) is 5.10 Å². The number of pyridine rings is 1. The molecular formula is C22H25N7O2. The maximum atomic E-state index is 5.44. The lowest BCUT2D eigenvalue weighted by atomic mass is 9.89. The number of imidazole rings is 1. The second-order valence-electron chi connectivity index (χ2n) is 7.86. The number of rotatable bonds is 6. The molecule has 0 bridgehead atoms. The number of ether oxygens (including phenoxy) is 2. The normalized spacial score (nSPS) is 18.2. The predicted octanol–water partition coefficient (Wildman–Crippen LogP) is 3.10. The fourth-order valence-corrected chi connectivity index (χ4v) is 4.06. The molecular weight excluding hydrogens is 394 g/mol. The fraction of sp³-hybridized carbons (Fsp3) is 0.364. The summed E-state index contributed by atoms with van der Waals surface area (Å²) in [6, 6.07) is 4.22. The highest BCUT2D eigenvalue weighted by Crippen LogP contribution is 2.34. The average Bonchev–Trinajstić information content (AvgIpc) is 3.33. The van der Waals surface area contributed by atoms with E-state index < -0.39 is 0 Å². The number of fused-ring (bicyclic) bond motifs is 1. The number of nitrogens with zero attached hydrogens (tertiary/aromatic N) is 6. The summed E-state index contributed by atoms with van der Waals surface area (Å²) in [5.74, 6) is 2.66. The van der Waals surface area contributed by atoms with Crippen molar-refractivity contribution in [2.75, 3.05) is 19.5 Å². The summed E-state index contributed by atoms with van der Waals surface area (Å²) < 4.78 is 14.6. The Hall–Kier alpha value is -3.46. The quantitative estimate of drug-likeness (QED) is 0.513. The molecule has 4 heterocycles. The van der Waals surface area contributed by atoms with Crippen LogP contribution in [0.1, 0.15) is 18.4 Å². The van der Waals surface area contributed by atoms with E-state index in [0.29, 0.717) is 29.7 Å². The van der Waals surface area contributed by atoms with Crippen LogP contribution in [0.15, 0.2) is 36.9 Å². The van der Waals surface area contributed by atoms with Crippen molar-refractivity contribution >= 4 is 11.3 Å². The van der Waals surface area contributed by atoms with E-state index in [1.165, 1.54) is 0 Å². The molecule has 1 aliphatic rings. The zero-order valence-electron chi connectivity index (χ0n) is 18.0. The maximum Gasteiger partial charge on any atom is 0.218 e. The van der Waals surface area contributed by atoms with Crippen molar-refractivity contribution in [1.29, 1.82) is 0 Å². The maximum absolute atomic E-state index is 5.44. The van der Waals surface area contributed by atoms with E-state index >= 15 is 0 Å². The number of anilines is 1. The molecule has 160 valence electrons. The third-order valence-corrected chi connectivity index (χ3v) is 5.93. The van der Waals surface area contributed by atoms with Gasteiger partial charge < -0.3 is 19.4 Å². The standard InChI is InChI=1S/C22H25N7O2/c1-13-17(14-5-6-23-18(9-14)31-4)12-29-19(13)20(25-15-10-16(11-15)30-3)26-21(27-29)22-24-7-8-28(22)2/h5-9,12,15-16H,10-11H2,1-4H3,(H,25,26,27). The number of hydrogen-bond acceptors (Lipinski definition) is 7. The molecule has 0 unspecified atom stereocenters. The minimum atomic E-state index is 0.303. The Morgan fingerprint density at radius 1 is 1.16 bits per heavy atom. The molecule has 0 radical (unpaired) electrons. The van der Waals surface area contributed by atoms with Gasteiger partial charge in [0.2, 0.25) is 11.7 Å². The van der Waals surface area contributed by atoms with Crippen molar-refractivity contribution in [3.05, 3.63) is 42.5 Å². The predicted molar refractivity (Wildman–Crippen MR) is 117 cm³/mol. The Bertz CT molecular complexity index is 1240. The zero-order valence-corrected chi connectivity index (χ0v) is 18.0. The number of aromatic nitrogens is 6. The first-order chi connectivity index (χ1) is 15.1. The summed E-state index contributed by atoms with van der Waals surface area (Å²) in [5, 5.41) is 8.39. The van der Waals surface area contributed by atoms with Crippen LogP contribution in [0, 0.1) is 6.92 Å². The molecule has 0 saturated heterocycles. The van der Waals surface area contributed by atoms with E-state index in [4.69, 9.17) is 19.6 Å². The Kier molecular flexibility index (Phi) is 4.82. The highest BCUT2D eigenvalue weighted by Gasteiger charge is 2.30. The molecule has 0 spiro atoms. The summed E-state index contributed by atoms with van der Waals surface area (Å²) in [6.07, 6.45) is 9.63. The lowest BCUT2D eigenvalue weighted by Crippen LogP contribution is -2.40. The molecule has 0 atom stereocenters. The largest absolute Gasteiger partial charge is 0.481 e. The van der Waals surface area contributed by atoms with Crippen LogP contribution < -0.4 is 10.1 Å². The summed E-state index contributed by atoms with van der Waals surface area (Å²) in [4.78, 5) is 13.5. The molecule has 9 heteroatoms. The van der Waals surface area contributed by atoms with Crippen molar-refractivity contribution in [3.63, 3.8) is 0 Å². The van der Waals surface area contributed by atoms with Gasteiger partial charge in [-0.25, -0.2) is 19.5 Å².